The molecule has 0 spiro atoms. The Morgan fingerprint density at radius 1 is 0.600 bits per heavy atom. The van der Waals surface area contributed by atoms with Crippen molar-refractivity contribution in [1.82, 2.24) is 0 Å². The Kier molecular flexibility index (Phi) is 8.44. The maximum atomic E-state index is 7.28. The van der Waals surface area contributed by atoms with Crippen molar-refractivity contribution in [3.8, 4) is 11.5 Å². The molecule has 1 aliphatic carbocycles. The molecule has 0 unspecified atom stereocenters. The van der Waals surface area contributed by atoms with Crippen LogP contribution in [-0.2, 0) is 10.8 Å². The molecule has 0 saturated heterocycles. The van der Waals surface area contributed by atoms with E-state index in [-0.39, 0.29) is 17.5 Å². The summed E-state index contributed by atoms with van der Waals surface area (Å²) < 4.78 is 7.28. The number of benzene rings is 6. The average Bonchev–Trinajstić information content (AvgIpc) is 3.23. The predicted molar refractivity (Wildman–Crippen MR) is 234 cm³/mol. The maximum Gasteiger partial charge on any atom is 0.256 e. The van der Waals surface area contributed by atoms with E-state index in [0.717, 1.165) is 42.1 Å². The molecule has 3 aliphatic heterocycles. The summed E-state index contributed by atoms with van der Waals surface area (Å²) in [5, 5.41) is 0. The molecule has 0 aromatic heterocycles. The van der Waals surface area contributed by atoms with Gasteiger partial charge in [-0.15, -0.1) is 0 Å². The van der Waals surface area contributed by atoms with Crippen LogP contribution >= 0.6 is 11.8 Å². The van der Waals surface area contributed by atoms with Gasteiger partial charge >= 0.3 is 0 Å². The second-order valence-electron chi connectivity index (χ2n) is 16.4. The number of anilines is 6. The minimum atomic E-state index is 0.0517. The standard InChI is InChI=1S/C50H49BN2OS/c1-5-50(6-2,7-3)35-25-26-38-42(30-35)52(36-18-10-8-11-19-36)43-32-37(53-40-20-12-14-22-46(40)55-47-23-15-13-21-41(47)53)33-45-48(43)51(38)39-27-24-34(31-44(39)54-45)49(4)28-16-9-17-29-49/h8,10-15,18-27,30-33H,5-7,9,16-17,28-29H2,1-4H3. The first-order valence-electron chi connectivity index (χ1n) is 20.6. The summed E-state index contributed by atoms with van der Waals surface area (Å²) in [4.78, 5) is 7.50. The van der Waals surface area contributed by atoms with Gasteiger partial charge in [0.25, 0.3) is 6.71 Å². The lowest BCUT2D eigenvalue weighted by molar-refractivity contribution is 0.318. The molecule has 0 radical (unpaired) electrons. The van der Waals surface area contributed by atoms with Gasteiger partial charge in [-0.25, -0.2) is 0 Å². The quantitative estimate of drug-likeness (QED) is 0.151. The minimum absolute atomic E-state index is 0.0517. The van der Waals surface area contributed by atoms with Crippen LogP contribution < -0.4 is 30.9 Å². The maximum absolute atomic E-state index is 7.28. The molecule has 274 valence electrons. The topological polar surface area (TPSA) is 15.7 Å². The summed E-state index contributed by atoms with van der Waals surface area (Å²) in [6, 6.07) is 48.1. The third-order valence-electron chi connectivity index (χ3n) is 13.8. The fourth-order valence-electron chi connectivity index (χ4n) is 10.4. The fraction of sp³-hybridized carbons (Fsp3) is 0.280. The molecule has 0 amide bonds. The zero-order valence-corrected chi connectivity index (χ0v) is 33.4. The second kappa shape index (κ2) is 13.4. The molecule has 1 fully saturated rings. The van der Waals surface area contributed by atoms with Crippen LogP contribution in [0.5, 0.6) is 11.5 Å². The van der Waals surface area contributed by atoms with E-state index in [1.165, 1.54) is 92.2 Å². The number of hydrogen-bond acceptors (Lipinski definition) is 4. The van der Waals surface area contributed by atoms with Crippen molar-refractivity contribution in [3.63, 3.8) is 0 Å². The Morgan fingerprint density at radius 2 is 1.24 bits per heavy atom. The third kappa shape index (κ3) is 5.40. The Balaban J connectivity index is 1.25. The highest BCUT2D eigenvalue weighted by atomic mass is 32.2. The van der Waals surface area contributed by atoms with Crippen molar-refractivity contribution in [3.05, 3.63) is 139 Å². The molecular formula is C50H49BN2OS. The molecule has 6 aromatic carbocycles. The molecular weight excluding hydrogens is 687 g/mol. The first-order chi connectivity index (χ1) is 26.9. The first kappa shape index (κ1) is 34.6. The van der Waals surface area contributed by atoms with Crippen LogP contribution in [0.2, 0.25) is 0 Å². The van der Waals surface area contributed by atoms with E-state index in [2.05, 4.69) is 165 Å². The molecule has 5 heteroatoms. The van der Waals surface area contributed by atoms with E-state index >= 15 is 0 Å². The van der Waals surface area contributed by atoms with Crippen LogP contribution in [0.3, 0.4) is 0 Å². The summed E-state index contributed by atoms with van der Waals surface area (Å²) in [5.41, 5.74) is 14.1. The van der Waals surface area contributed by atoms with Gasteiger partial charge in [0, 0.05) is 32.9 Å². The van der Waals surface area contributed by atoms with E-state index in [0.29, 0.717) is 0 Å². The summed E-state index contributed by atoms with van der Waals surface area (Å²) in [6.45, 7) is 9.61. The largest absolute Gasteiger partial charge is 0.458 e. The highest BCUT2D eigenvalue weighted by Crippen LogP contribution is 2.53. The third-order valence-corrected chi connectivity index (χ3v) is 14.9. The normalized spacial score (nSPS) is 16.3. The number of hydrogen-bond donors (Lipinski definition) is 0. The molecule has 0 N–H and O–H groups in total. The Hall–Kier alpha value is -4.87. The zero-order chi connectivity index (χ0) is 37.3. The van der Waals surface area contributed by atoms with Gasteiger partial charge in [-0.1, -0.05) is 125 Å². The lowest BCUT2D eigenvalue weighted by atomic mass is 9.34. The van der Waals surface area contributed by atoms with Crippen LogP contribution in [0.1, 0.15) is 90.2 Å². The first-order valence-corrected chi connectivity index (χ1v) is 21.4. The van der Waals surface area contributed by atoms with Gasteiger partial charge in [0.15, 0.2) is 0 Å². The molecule has 6 aromatic rings. The Labute approximate surface area is 331 Å². The van der Waals surface area contributed by atoms with Gasteiger partial charge < -0.3 is 14.5 Å². The van der Waals surface area contributed by atoms with Crippen LogP contribution in [0.25, 0.3) is 0 Å². The highest BCUT2D eigenvalue weighted by molar-refractivity contribution is 7.99. The van der Waals surface area contributed by atoms with E-state index in [1.807, 2.05) is 11.8 Å². The van der Waals surface area contributed by atoms with Crippen molar-refractivity contribution in [2.75, 3.05) is 9.80 Å². The van der Waals surface area contributed by atoms with E-state index in [4.69, 9.17) is 4.74 Å². The lowest BCUT2D eigenvalue weighted by Crippen LogP contribution is -2.59. The minimum Gasteiger partial charge on any atom is -0.458 e. The highest BCUT2D eigenvalue weighted by Gasteiger charge is 2.44. The molecule has 3 heterocycles. The SMILES string of the molecule is CCC(CC)(CC)c1ccc2c(c1)N(c1ccccc1)c1cc(N3c4ccccc4Sc4ccccc43)cc3c1B2c1ccc(C2(C)CCCCC2)cc1O3. The van der Waals surface area contributed by atoms with E-state index in [1.54, 1.807) is 0 Å². The lowest BCUT2D eigenvalue weighted by Gasteiger charge is -2.43. The van der Waals surface area contributed by atoms with Gasteiger partial charge in [-0.2, -0.15) is 0 Å². The van der Waals surface area contributed by atoms with Gasteiger partial charge in [0.2, 0.25) is 0 Å². The van der Waals surface area contributed by atoms with Crippen LogP contribution in [0.15, 0.2) is 137 Å². The van der Waals surface area contributed by atoms with Crippen LogP contribution in [0, 0.1) is 0 Å². The smallest absolute Gasteiger partial charge is 0.256 e. The molecule has 55 heavy (non-hydrogen) atoms. The monoisotopic (exact) mass is 736 g/mol. The molecule has 4 aliphatic rings. The van der Waals surface area contributed by atoms with Gasteiger partial charge in [0.1, 0.15) is 11.5 Å². The summed E-state index contributed by atoms with van der Waals surface area (Å²) in [7, 11) is 0. The average molecular weight is 737 g/mol. The van der Waals surface area contributed by atoms with Gasteiger partial charge in [0.05, 0.1) is 17.1 Å². The van der Waals surface area contributed by atoms with Gasteiger partial charge in [-0.05, 0) is 125 Å². The number of nitrogens with zero attached hydrogens (tertiary/aromatic N) is 2. The second-order valence-corrected chi connectivity index (χ2v) is 17.5. The van der Waals surface area contributed by atoms with Crippen molar-refractivity contribution in [1.29, 1.82) is 0 Å². The van der Waals surface area contributed by atoms with Gasteiger partial charge in [-0.3, -0.25) is 0 Å². The van der Waals surface area contributed by atoms with E-state index in [9.17, 15) is 0 Å². The molecule has 1 saturated carbocycles. The molecule has 3 nitrogen and oxygen atoms in total. The number of ether oxygens (including phenoxy) is 1. The summed E-state index contributed by atoms with van der Waals surface area (Å²) in [5.74, 6) is 1.96. The number of para-hydroxylation sites is 3. The molecule has 10 rings (SSSR count). The summed E-state index contributed by atoms with van der Waals surface area (Å²) in [6.07, 6.45) is 9.74. The van der Waals surface area contributed by atoms with Crippen molar-refractivity contribution < 1.29 is 4.74 Å². The van der Waals surface area contributed by atoms with Crippen LogP contribution in [0.4, 0.5) is 34.1 Å². The van der Waals surface area contributed by atoms with E-state index < -0.39 is 0 Å². The molecule has 0 bridgehead atoms. The van der Waals surface area contributed by atoms with Crippen molar-refractivity contribution >= 4 is 69.0 Å². The molecule has 0 atom stereocenters. The zero-order valence-electron chi connectivity index (χ0n) is 32.6. The Morgan fingerprint density at radius 3 is 1.93 bits per heavy atom. The predicted octanol–water partition coefficient (Wildman–Crippen LogP) is 12.7. The fourth-order valence-corrected chi connectivity index (χ4v) is 11.4. The Bertz CT molecular complexity index is 2380. The summed E-state index contributed by atoms with van der Waals surface area (Å²) >= 11 is 1.85. The van der Waals surface area contributed by atoms with Crippen molar-refractivity contribution in [2.45, 2.75) is 99.7 Å². The number of fused-ring (bicyclic) bond motifs is 6. The van der Waals surface area contributed by atoms with Crippen LogP contribution in [-0.4, -0.2) is 6.71 Å². The number of rotatable bonds is 7. The van der Waals surface area contributed by atoms with Crippen molar-refractivity contribution in [2.24, 2.45) is 0 Å².